The van der Waals surface area contributed by atoms with Crippen LogP contribution in [0.25, 0.3) is 22.4 Å². The van der Waals surface area contributed by atoms with Crippen molar-refractivity contribution in [2.75, 3.05) is 5.73 Å². The fraction of sp³-hybridized carbons (Fsp3) is 0.154. The molecular formula is C13H13N5. The maximum Gasteiger partial charge on any atom is 0.140 e. The first-order valence-corrected chi connectivity index (χ1v) is 5.70. The van der Waals surface area contributed by atoms with Crippen LogP contribution in [0.4, 0.5) is 5.69 Å². The van der Waals surface area contributed by atoms with Crippen molar-refractivity contribution in [3.05, 3.63) is 35.7 Å². The third-order valence-electron chi connectivity index (χ3n) is 2.90. The lowest BCUT2D eigenvalue weighted by Crippen LogP contribution is -1.94. The van der Waals surface area contributed by atoms with Gasteiger partial charge in [0.05, 0.1) is 22.6 Å². The van der Waals surface area contributed by atoms with Gasteiger partial charge in [0, 0.05) is 5.56 Å². The number of hydrogen-bond donors (Lipinski definition) is 2. The molecule has 0 radical (unpaired) electrons. The number of benzene rings is 1. The van der Waals surface area contributed by atoms with Crippen molar-refractivity contribution in [3.63, 3.8) is 0 Å². The lowest BCUT2D eigenvalue weighted by atomic mass is 10.2. The van der Waals surface area contributed by atoms with Crippen molar-refractivity contribution in [2.45, 2.75) is 13.8 Å². The molecule has 1 aromatic carbocycles. The Kier molecular flexibility index (Phi) is 2.26. The molecule has 2 heterocycles. The summed E-state index contributed by atoms with van der Waals surface area (Å²) >= 11 is 0. The third kappa shape index (κ3) is 1.60. The molecule has 90 valence electrons. The molecule has 3 rings (SSSR count). The zero-order valence-electron chi connectivity index (χ0n) is 10.2. The van der Waals surface area contributed by atoms with E-state index in [1.807, 2.05) is 38.1 Å². The molecule has 0 fully saturated rings. The van der Waals surface area contributed by atoms with Gasteiger partial charge in [-0.15, -0.1) is 0 Å². The molecule has 0 aliphatic rings. The van der Waals surface area contributed by atoms with Gasteiger partial charge in [0.1, 0.15) is 11.3 Å². The van der Waals surface area contributed by atoms with E-state index >= 15 is 0 Å². The van der Waals surface area contributed by atoms with Crippen LogP contribution in [-0.2, 0) is 0 Å². The van der Waals surface area contributed by atoms with E-state index in [0.717, 1.165) is 33.8 Å². The van der Waals surface area contributed by atoms with Crippen LogP contribution in [0.15, 0.2) is 24.3 Å². The summed E-state index contributed by atoms with van der Waals surface area (Å²) in [6, 6.07) is 7.67. The summed E-state index contributed by atoms with van der Waals surface area (Å²) < 4.78 is 0. The minimum absolute atomic E-state index is 0.673. The average molecular weight is 239 g/mol. The van der Waals surface area contributed by atoms with Crippen LogP contribution in [0.5, 0.6) is 0 Å². The molecular weight excluding hydrogens is 226 g/mol. The first-order chi connectivity index (χ1) is 8.65. The standard InChI is InChI=1S/C13H13N5/c1-7-6-9(8(2)18-17-7)13-15-11-5-3-4-10(14)12(11)16-13/h3-6H,14H2,1-2H3,(H,15,16). The van der Waals surface area contributed by atoms with Crippen molar-refractivity contribution in [1.29, 1.82) is 0 Å². The molecule has 2 aromatic heterocycles. The SMILES string of the molecule is Cc1cc(-c2nc3c(N)cccc3[nH]2)c(C)nn1. The Balaban J connectivity index is 2.26. The summed E-state index contributed by atoms with van der Waals surface area (Å²) in [5, 5.41) is 8.13. The molecule has 18 heavy (non-hydrogen) atoms. The summed E-state index contributed by atoms with van der Waals surface area (Å²) in [6.07, 6.45) is 0. The van der Waals surface area contributed by atoms with Crippen molar-refractivity contribution < 1.29 is 0 Å². The molecule has 3 aromatic rings. The van der Waals surface area contributed by atoms with Gasteiger partial charge in [0.2, 0.25) is 0 Å². The molecule has 0 saturated carbocycles. The maximum atomic E-state index is 5.91. The third-order valence-corrected chi connectivity index (χ3v) is 2.90. The number of para-hydroxylation sites is 1. The summed E-state index contributed by atoms with van der Waals surface area (Å²) in [5.74, 6) is 0.776. The molecule has 3 N–H and O–H groups in total. The van der Waals surface area contributed by atoms with Crippen LogP contribution in [0.1, 0.15) is 11.4 Å². The number of imidazole rings is 1. The Hall–Kier alpha value is -2.43. The smallest absolute Gasteiger partial charge is 0.140 e. The summed E-state index contributed by atoms with van der Waals surface area (Å²) in [4.78, 5) is 7.80. The second-order valence-electron chi connectivity index (χ2n) is 4.31. The number of nitrogen functional groups attached to an aromatic ring is 1. The van der Waals surface area contributed by atoms with Crippen LogP contribution >= 0.6 is 0 Å². The predicted octanol–water partition coefficient (Wildman–Crippen LogP) is 2.22. The fourth-order valence-electron chi connectivity index (χ4n) is 1.97. The topological polar surface area (TPSA) is 80.5 Å². The van der Waals surface area contributed by atoms with Gasteiger partial charge in [0.15, 0.2) is 0 Å². The van der Waals surface area contributed by atoms with E-state index in [1.54, 1.807) is 0 Å². The van der Waals surface area contributed by atoms with Gasteiger partial charge < -0.3 is 10.7 Å². The molecule has 5 heteroatoms. The number of hydrogen-bond acceptors (Lipinski definition) is 4. The highest BCUT2D eigenvalue weighted by Crippen LogP contribution is 2.25. The molecule has 0 unspecified atom stereocenters. The largest absolute Gasteiger partial charge is 0.397 e. The first kappa shape index (κ1) is 10.7. The number of aromatic nitrogens is 4. The average Bonchev–Trinajstić information content (AvgIpc) is 2.77. The highest BCUT2D eigenvalue weighted by molar-refractivity contribution is 5.89. The highest BCUT2D eigenvalue weighted by atomic mass is 15.1. The second kappa shape index (κ2) is 3.80. The van der Waals surface area contributed by atoms with Gasteiger partial charge in [-0.2, -0.15) is 10.2 Å². The van der Waals surface area contributed by atoms with Crippen molar-refractivity contribution in [1.82, 2.24) is 20.2 Å². The zero-order chi connectivity index (χ0) is 12.7. The second-order valence-corrected chi connectivity index (χ2v) is 4.31. The van der Waals surface area contributed by atoms with E-state index < -0.39 is 0 Å². The number of aromatic amines is 1. The molecule has 0 aliphatic heterocycles. The first-order valence-electron chi connectivity index (χ1n) is 5.70. The lowest BCUT2D eigenvalue weighted by molar-refractivity contribution is 0.940. The number of nitrogens with zero attached hydrogens (tertiary/aromatic N) is 3. The Bertz CT molecular complexity index is 729. The molecule has 0 atom stereocenters. The minimum atomic E-state index is 0.673. The van der Waals surface area contributed by atoms with Crippen molar-refractivity contribution >= 4 is 16.7 Å². The molecule has 0 bridgehead atoms. The van der Waals surface area contributed by atoms with E-state index in [2.05, 4.69) is 20.2 Å². The molecule has 0 amide bonds. The summed E-state index contributed by atoms with van der Waals surface area (Å²) in [6.45, 7) is 3.82. The number of nitrogens with one attached hydrogen (secondary N) is 1. The number of anilines is 1. The normalized spacial score (nSPS) is 11.0. The molecule has 5 nitrogen and oxygen atoms in total. The van der Waals surface area contributed by atoms with Crippen LogP contribution in [-0.4, -0.2) is 20.2 Å². The zero-order valence-corrected chi connectivity index (χ0v) is 10.2. The number of H-pyrrole nitrogens is 1. The van der Waals surface area contributed by atoms with Crippen molar-refractivity contribution in [3.8, 4) is 11.4 Å². The number of aryl methyl sites for hydroxylation is 2. The van der Waals surface area contributed by atoms with Crippen LogP contribution in [0.3, 0.4) is 0 Å². The molecule has 0 aliphatic carbocycles. The molecule has 0 saturated heterocycles. The number of fused-ring (bicyclic) bond motifs is 1. The summed E-state index contributed by atoms with van der Waals surface area (Å²) in [7, 11) is 0. The van der Waals surface area contributed by atoms with E-state index in [1.165, 1.54) is 0 Å². The Morgan fingerprint density at radius 3 is 2.78 bits per heavy atom. The minimum Gasteiger partial charge on any atom is -0.397 e. The fourth-order valence-corrected chi connectivity index (χ4v) is 1.97. The van der Waals surface area contributed by atoms with Crippen LogP contribution in [0, 0.1) is 13.8 Å². The predicted molar refractivity (Wildman–Crippen MR) is 71.0 cm³/mol. The van der Waals surface area contributed by atoms with Gasteiger partial charge >= 0.3 is 0 Å². The number of nitrogens with two attached hydrogens (primary N) is 1. The molecule has 0 spiro atoms. The van der Waals surface area contributed by atoms with Crippen LogP contribution in [0.2, 0.25) is 0 Å². The van der Waals surface area contributed by atoms with E-state index in [-0.39, 0.29) is 0 Å². The van der Waals surface area contributed by atoms with Gasteiger partial charge in [-0.05, 0) is 32.0 Å². The monoisotopic (exact) mass is 239 g/mol. The highest BCUT2D eigenvalue weighted by Gasteiger charge is 2.10. The van der Waals surface area contributed by atoms with E-state index in [4.69, 9.17) is 5.73 Å². The Morgan fingerprint density at radius 2 is 2.00 bits per heavy atom. The maximum absolute atomic E-state index is 5.91. The van der Waals surface area contributed by atoms with Gasteiger partial charge in [-0.3, -0.25) is 0 Å². The van der Waals surface area contributed by atoms with E-state index in [0.29, 0.717) is 5.69 Å². The van der Waals surface area contributed by atoms with Crippen molar-refractivity contribution in [2.24, 2.45) is 0 Å². The van der Waals surface area contributed by atoms with E-state index in [9.17, 15) is 0 Å². The van der Waals surface area contributed by atoms with Gasteiger partial charge in [-0.1, -0.05) is 6.07 Å². The Morgan fingerprint density at radius 1 is 1.17 bits per heavy atom. The van der Waals surface area contributed by atoms with Gasteiger partial charge in [-0.25, -0.2) is 4.98 Å². The van der Waals surface area contributed by atoms with Gasteiger partial charge in [0.25, 0.3) is 0 Å². The number of rotatable bonds is 1. The lowest BCUT2D eigenvalue weighted by Gasteiger charge is -2.01. The Labute approximate surface area is 104 Å². The quantitative estimate of drug-likeness (QED) is 0.638. The summed E-state index contributed by atoms with van der Waals surface area (Å²) in [5.41, 5.74) is 11.0. The van der Waals surface area contributed by atoms with Crippen LogP contribution < -0.4 is 5.73 Å².